The molecule has 0 rings (SSSR count). The minimum atomic E-state index is -3.10. The van der Waals surface area contributed by atoms with E-state index in [-0.39, 0.29) is 0 Å². The highest BCUT2D eigenvalue weighted by atomic mass is 32.2. The number of carbonyl (C=O) groups is 1. The monoisotopic (exact) mass is 134 g/mol. The third-order valence-corrected chi connectivity index (χ3v) is 1.06. The summed E-state index contributed by atoms with van der Waals surface area (Å²) >= 11 is 0. The highest BCUT2D eigenvalue weighted by molar-refractivity contribution is 7.93. The second kappa shape index (κ2) is 2.61. The Morgan fingerprint density at radius 2 is 1.88 bits per heavy atom. The molecule has 0 spiro atoms. The molecule has 0 aromatic heterocycles. The zero-order valence-electron chi connectivity index (χ0n) is 4.37. The van der Waals surface area contributed by atoms with Crippen LogP contribution in [0, 0.1) is 0 Å². The fourth-order valence-electron chi connectivity index (χ4n) is 0.175. The molecule has 0 saturated carbocycles. The SMILES string of the molecule is CS(=O)(=O)C=CC=O. The molecule has 0 radical (unpaired) electrons. The van der Waals surface area contributed by atoms with Crippen LogP contribution in [0.1, 0.15) is 0 Å². The molecule has 3 nitrogen and oxygen atoms in total. The molecule has 0 amide bonds. The Bertz CT molecular complexity index is 187. The van der Waals surface area contributed by atoms with Crippen molar-refractivity contribution in [2.24, 2.45) is 0 Å². The van der Waals surface area contributed by atoms with E-state index in [4.69, 9.17) is 0 Å². The lowest BCUT2D eigenvalue weighted by Crippen LogP contribution is -1.87. The Hall–Kier alpha value is -0.640. The van der Waals surface area contributed by atoms with Crippen LogP contribution in [0.3, 0.4) is 0 Å². The highest BCUT2D eigenvalue weighted by Crippen LogP contribution is 1.81. The van der Waals surface area contributed by atoms with E-state index in [0.29, 0.717) is 6.29 Å². The first-order valence-corrected chi connectivity index (χ1v) is 3.83. The number of allylic oxidation sites excluding steroid dienone is 1. The quantitative estimate of drug-likeness (QED) is 0.386. The lowest BCUT2D eigenvalue weighted by atomic mass is 10.7. The standard InChI is InChI=1S/C4H6O3S/c1-8(6,7)4-2-3-5/h2-4H,1H3. The Kier molecular flexibility index (Phi) is 2.41. The van der Waals surface area contributed by atoms with Crippen molar-refractivity contribution in [2.75, 3.05) is 6.26 Å². The van der Waals surface area contributed by atoms with Gasteiger partial charge in [0.2, 0.25) is 0 Å². The number of rotatable bonds is 2. The van der Waals surface area contributed by atoms with E-state index in [1.807, 2.05) is 0 Å². The molecule has 0 saturated heterocycles. The Labute approximate surface area is 47.9 Å². The molecule has 0 fully saturated rings. The second-order valence-electron chi connectivity index (χ2n) is 1.29. The van der Waals surface area contributed by atoms with Gasteiger partial charge in [-0.15, -0.1) is 0 Å². The molecular weight excluding hydrogens is 128 g/mol. The minimum Gasteiger partial charge on any atom is -0.299 e. The van der Waals surface area contributed by atoms with Gasteiger partial charge in [-0.25, -0.2) is 8.42 Å². The van der Waals surface area contributed by atoms with Gasteiger partial charge in [-0.2, -0.15) is 0 Å². The van der Waals surface area contributed by atoms with E-state index in [0.717, 1.165) is 17.7 Å². The summed E-state index contributed by atoms with van der Waals surface area (Å²) in [6.07, 6.45) is 2.38. The smallest absolute Gasteiger partial charge is 0.168 e. The van der Waals surface area contributed by atoms with Crippen molar-refractivity contribution in [2.45, 2.75) is 0 Å². The van der Waals surface area contributed by atoms with Crippen LogP contribution in [-0.2, 0) is 14.6 Å². The lowest BCUT2D eigenvalue weighted by molar-refractivity contribution is -0.104. The van der Waals surface area contributed by atoms with E-state index >= 15 is 0 Å². The van der Waals surface area contributed by atoms with E-state index in [2.05, 4.69) is 0 Å². The van der Waals surface area contributed by atoms with Crippen LogP contribution in [0.5, 0.6) is 0 Å². The topological polar surface area (TPSA) is 51.2 Å². The van der Waals surface area contributed by atoms with Crippen molar-refractivity contribution in [3.05, 3.63) is 11.5 Å². The summed E-state index contributed by atoms with van der Waals surface area (Å²) < 4.78 is 20.3. The average molecular weight is 134 g/mol. The first-order chi connectivity index (χ1) is 3.56. The van der Waals surface area contributed by atoms with Crippen molar-refractivity contribution in [1.29, 1.82) is 0 Å². The largest absolute Gasteiger partial charge is 0.299 e. The summed E-state index contributed by atoms with van der Waals surface area (Å²) in [6.45, 7) is 0. The van der Waals surface area contributed by atoms with Crippen molar-refractivity contribution in [3.8, 4) is 0 Å². The molecule has 0 unspecified atom stereocenters. The summed E-state index contributed by atoms with van der Waals surface area (Å²) in [4.78, 5) is 9.50. The molecule has 8 heavy (non-hydrogen) atoms. The van der Waals surface area contributed by atoms with Gasteiger partial charge in [0.15, 0.2) is 9.84 Å². The maximum atomic E-state index is 10.1. The molecule has 0 aliphatic rings. The number of aldehydes is 1. The van der Waals surface area contributed by atoms with Gasteiger partial charge in [-0.05, 0) is 6.08 Å². The summed E-state index contributed by atoms with van der Waals surface area (Å²) in [7, 11) is -3.10. The zero-order valence-corrected chi connectivity index (χ0v) is 5.18. The third kappa shape index (κ3) is 5.36. The average Bonchev–Trinajstić information content (AvgIpc) is 1.59. The van der Waals surface area contributed by atoms with Crippen molar-refractivity contribution >= 4 is 16.1 Å². The van der Waals surface area contributed by atoms with Gasteiger partial charge in [0, 0.05) is 11.7 Å². The van der Waals surface area contributed by atoms with Crippen LogP contribution in [-0.4, -0.2) is 21.0 Å². The molecule has 46 valence electrons. The van der Waals surface area contributed by atoms with Crippen LogP contribution in [0.2, 0.25) is 0 Å². The van der Waals surface area contributed by atoms with Gasteiger partial charge in [0.25, 0.3) is 0 Å². The molecule has 0 aromatic carbocycles. The summed E-state index contributed by atoms with van der Waals surface area (Å²) in [5, 5.41) is 0.847. The van der Waals surface area contributed by atoms with Gasteiger partial charge >= 0.3 is 0 Å². The molecule has 4 heteroatoms. The highest BCUT2D eigenvalue weighted by Gasteiger charge is 1.88. The number of hydrogen-bond donors (Lipinski definition) is 0. The maximum Gasteiger partial charge on any atom is 0.168 e. The van der Waals surface area contributed by atoms with E-state index in [1.54, 1.807) is 0 Å². The fraction of sp³-hybridized carbons (Fsp3) is 0.250. The molecule has 0 aromatic rings. The van der Waals surface area contributed by atoms with Crippen LogP contribution in [0.4, 0.5) is 0 Å². The molecular formula is C4H6O3S. The fourth-order valence-corrected chi connectivity index (χ4v) is 0.524. The number of carbonyl (C=O) groups excluding carboxylic acids is 1. The van der Waals surface area contributed by atoms with Gasteiger partial charge in [-0.3, -0.25) is 4.79 Å². The van der Waals surface area contributed by atoms with Crippen molar-refractivity contribution in [1.82, 2.24) is 0 Å². The molecule has 0 atom stereocenters. The molecule has 0 aliphatic carbocycles. The Morgan fingerprint density at radius 3 is 2.00 bits per heavy atom. The molecule has 0 aliphatic heterocycles. The van der Waals surface area contributed by atoms with Gasteiger partial charge in [0.05, 0.1) is 0 Å². The predicted molar refractivity (Wildman–Crippen MR) is 30.0 cm³/mol. The number of hydrogen-bond acceptors (Lipinski definition) is 3. The van der Waals surface area contributed by atoms with Crippen molar-refractivity contribution in [3.63, 3.8) is 0 Å². The first-order valence-electron chi connectivity index (χ1n) is 1.88. The maximum absolute atomic E-state index is 10.1. The van der Waals surface area contributed by atoms with Gasteiger partial charge in [-0.1, -0.05) is 0 Å². The first kappa shape index (κ1) is 7.36. The summed E-state index contributed by atoms with van der Waals surface area (Å²) in [5.74, 6) is 0. The van der Waals surface area contributed by atoms with Crippen LogP contribution in [0.15, 0.2) is 11.5 Å². The van der Waals surface area contributed by atoms with Crippen LogP contribution >= 0.6 is 0 Å². The minimum absolute atomic E-state index is 0.418. The molecule has 0 heterocycles. The predicted octanol–water partition coefficient (Wildman–Crippen LogP) is -0.256. The molecule has 0 bridgehead atoms. The summed E-state index contributed by atoms with van der Waals surface area (Å²) in [5.41, 5.74) is 0. The van der Waals surface area contributed by atoms with Crippen LogP contribution in [0.25, 0.3) is 0 Å². The van der Waals surface area contributed by atoms with Crippen LogP contribution < -0.4 is 0 Å². The van der Waals surface area contributed by atoms with E-state index in [9.17, 15) is 13.2 Å². The second-order valence-corrected chi connectivity index (χ2v) is 3.23. The lowest BCUT2D eigenvalue weighted by Gasteiger charge is -1.77. The van der Waals surface area contributed by atoms with Crippen molar-refractivity contribution < 1.29 is 13.2 Å². The van der Waals surface area contributed by atoms with E-state index in [1.165, 1.54) is 0 Å². The Balaban J connectivity index is 4.12. The van der Waals surface area contributed by atoms with E-state index < -0.39 is 9.84 Å². The molecule has 0 N–H and O–H groups in total. The summed E-state index contributed by atoms with van der Waals surface area (Å²) in [6, 6.07) is 0. The Morgan fingerprint density at radius 1 is 1.38 bits per heavy atom. The number of sulfone groups is 1. The normalized spacial score (nSPS) is 12.1. The van der Waals surface area contributed by atoms with Gasteiger partial charge in [0.1, 0.15) is 6.29 Å². The zero-order chi connectivity index (χ0) is 6.62. The van der Waals surface area contributed by atoms with Gasteiger partial charge < -0.3 is 0 Å². The third-order valence-electron chi connectivity index (χ3n) is 0.404.